The van der Waals surface area contributed by atoms with Gasteiger partial charge in [0.25, 0.3) is 0 Å². The van der Waals surface area contributed by atoms with Gasteiger partial charge in [-0.2, -0.15) is 0 Å². The molecule has 1 N–H and O–H groups in total. The summed E-state index contributed by atoms with van der Waals surface area (Å²) < 4.78 is 19.1. The Kier molecular flexibility index (Phi) is 5.91. The van der Waals surface area contributed by atoms with E-state index in [-0.39, 0.29) is 18.4 Å². The second-order valence-corrected chi connectivity index (χ2v) is 7.51. The van der Waals surface area contributed by atoms with Crippen LogP contribution in [0.2, 0.25) is 0 Å². The predicted octanol–water partition coefficient (Wildman–Crippen LogP) is 2.67. The van der Waals surface area contributed by atoms with E-state index in [1.807, 2.05) is 0 Å². The SMILES string of the molecule is CC1CCCC(NC(=O)C(=O)N2CCOC(c3cccc(F)c3)C2)C1C. The number of nitrogens with zero attached hydrogens (tertiary/aromatic N) is 1. The zero-order valence-electron chi connectivity index (χ0n) is 15.4. The summed E-state index contributed by atoms with van der Waals surface area (Å²) in [5.74, 6) is -0.501. The molecule has 1 aromatic carbocycles. The summed E-state index contributed by atoms with van der Waals surface area (Å²) in [4.78, 5) is 26.6. The van der Waals surface area contributed by atoms with Crippen molar-refractivity contribution >= 4 is 11.8 Å². The Labute approximate surface area is 153 Å². The van der Waals surface area contributed by atoms with E-state index in [1.54, 1.807) is 12.1 Å². The van der Waals surface area contributed by atoms with Gasteiger partial charge in [-0.25, -0.2) is 4.39 Å². The Bertz CT molecular complexity index is 666. The molecule has 26 heavy (non-hydrogen) atoms. The van der Waals surface area contributed by atoms with Crippen molar-refractivity contribution in [1.29, 1.82) is 0 Å². The van der Waals surface area contributed by atoms with Gasteiger partial charge in [0.2, 0.25) is 0 Å². The molecule has 4 atom stereocenters. The van der Waals surface area contributed by atoms with E-state index in [0.29, 0.717) is 30.6 Å². The number of hydrogen-bond acceptors (Lipinski definition) is 3. The highest BCUT2D eigenvalue weighted by Crippen LogP contribution is 2.29. The van der Waals surface area contributed by atoms with Crippen LogP contribution in [0.5, 0.6) is 0 Å². The van der Waals surface area contributed by atoms with E-state index in [4.69, 9.17) is 4.74 Å². The first-order chi connectivity index (χ1) is 12.5. The maximum Gasteiger partial charge on any atom is 0.312 e. The van der Waals surface area contributed by atoms with Crippen molar-refractivity contribution in [2.75, 3.05) is 19.7 Å². The van der Waals surface area contributed by atoms with Gasteiger partial charge >= 0.3 is 11.8 Å². The molecule has 3 rings (SSSR count). The first-order valence-electron chi connectivity index (χ1n) is 9.42. The van der Waals surface area contributed by atoms with Crippen LogP contribution in [0.4, 0.5) is 4.39 Å². The lowest BCUT2D eigenvalue weighted by Gasteiger charge is -2.36. The molecule has 4 unspecified atom stereocenters. The highest BCUT2D eigenvalue weighted by atomic mass is 19.1. The summed E-state index contributed by atoms with van der Waals surface area (Å²) in [6, 6.07) is 6.22. The Hall–Kier alpha value is -1.95. The largest absolute Gasteiger partial charge is 0.370 e. The molecule has 1 aromatic rings. The molecule has 0 bridgehead atoms. The van der Waals surface area contributed by atoms with E-state index < -0.39 is 17.9 Å². The highest BCUT2D eigenvalue weighted by molar-refractivity contribution is 6.35. The van der Waals surface area contributed by atoms with Crippen molar-refractivity contribution in [1.82, 2.24) is 10.2 Å². The summed E-state index contributed by atoms with van der Waals surface area (Å²) in [6.07, 6.45) is 2.74. The van der Waals surface area contributed by atoms with Gasteiger partial charge in [-0.1, -0.05) is 38.8 Å². The first kappa shape index (κ1) is 18.8. The van der Waals surface area contributed by atoms with Crippen molar-refractivity contribution in [2.45, 2.75) is 45.3 Å². The molecule has 1 saturated heterocycles. The summed E-state index contributed by atoms with van der Waals surface area (Å²) in [7, 11) is 0. The Balaban J connectivity index is 1.60. The van der Waals surface area contributed by atoms with Crippen LogP contribution in [0.15, 0.2) is 24.3 Å². The number of morpholine rings is 1. The molecular weight excluding hydrogens is 335 g/mol. The lowest BCUT2D eigenvalue weighted by molar-refractivity contribution is -0.151. The zero-order valence-corrected chi connectivity index (χ0v) is 15.4. The number of nitrogens with one attached hydrogen (secondary N) is 1. The second-order valence-electron chi connectivity index (χ2n) is 7.51. The number of rotatable bonds is 2. The number of carbonyl (C=O) groups excluding carboxylic acids is 2. The topological polar surface area (TPSA) is 58.6 Å². The van der Waals surface area contributed by atoms with Crippen LogP contribution >= 0.6 is 0 Å². The number of amides is 2. The number of halogens is 1. The van der Waals surface area contributed by atoms with Crippen LogP contribution in [0.3, 0.4) is 0 Å². The molecule has 2 amide bonds. The quantitative estimate of drug-likeness (QED) is 0.823. The van der Waals surface area contributed by atoms with Crippen LogP contribution in [0, 0.1) is 17.7 Å². The van der Waals surface area contributed by atoms with Crippen LogP contribution in [-0.2, 0) is 14.3 Å². The maximum absolute atomic E-state index is 13.4. The number of hydrogen-bond donors (Lipinski definition) is 1. The monoisotopic (exact) mass is 362 g/mol. The molecule has 142 valence electrons. The lowest BCUT2D eigenvalue weighted by Crippen LogP contribution is -2.52. The van der Waals surface area contributed by atoms with Crippen molar-refractivity contribution < 1.29 is 18.7 Å². The van der Waals surface area contributed by atoms with Gasteiger partial charge in [0.05, 0.1) is 13.2 Å². The van der Waals surface area contributed by atoms with Gasteiger partial charge in [0.15, 0.2) is 0 Å². The third-order valence-corrected chi connectivity index (χ3v) is 5.79. The Morgan fingerprint density at radius 1 is 1.27 bits per heavy atom. The smallest absolute Gasteiger partial charge is 0.312 e. The fourth-order valence-corrected chi connectivity index (χ4v) is 3.90. The second kappa shape index (κ2) is 8.16. The molecule has 2 fully saturated rings. The minimum atomic E-state index is -0.546. The van der Waals surface area contributed by atoms with E-state index in [9.17, 15) is 14.0 Å². The van der Waals surface area contributed by atoms with Gasteiger partial charge in [0, 0.05) is 12.6 Å². The molecule has 0 spiro atoms. The van der Waals surface area contributed by atoms with E-state index in [0.717, 1.165) is 12.8 Å². The standard InChI is InChI=1S/C20H27FN2O3/c1-13-5-3-8-17(14(13)2)22-19(24)20(25)23-9-10-26-18(12-23)15-6-4-7-16(21)11-15/h4,6-7,11,13-14,17-18H,3,5,8-10,12H2,1-2H3,(H,22,24). The lowest BCUT2D eigenvalue weighted by atomic mass is 9.78. The van der Waals surface area contributed by atoms with Crippen LogP contribution in [0.25, 0.3) is 0 Å². The van der Waals surface area contributed by atoms with E-state index in [1.165, 1.54) is 23.5 Å². The van der Waals surface area contributed by atoms with Gasteiger partial charge in [-0.05, 0) is 36.0 Å². The minimum absolute atomic E-state index is 0.0512. The average Bonchev–Trinajstić information content (AvgIpc) is 2.65. The summed E-state index contributed by atoms with van der Waals surface area (Å²) in [5, 5.41) is 2.93. The predicted molar refractivity (Wildman–Crippen MR) is 95.8 cm³/mol. The average molecular weight is 362 g/mol. The first-order valence-corrected chi connectivity index (χ1v) is 9.42. The highest BCUT2D eigenvalue weighted by Gasteiger charge is 2.33. The van der Waals surface area contributed by atoms with Crippen molar-refractivity contribution in [3.8, 4) is 0 Å². The van der Waals surface area contributed by atoms with Gasteiger partial charge in [-0.3, -0.25) is 9.59 Å². The molecule has 6 heteroatoms. The maximum atomic E-state index is 13.4. The van der Waals surface area contributed by atoms with Crippen LogP contribution in [0.1, 0.15) is 44.8 Å². The van der Waals surface area contributed by atoms with E-state index in [2.05, 4.69) is 19.2 Å². The van der Waals surface area contributed by atoms with Gasteiger partial charge in [0.1, 0.15) is 11.9 Å². The summed E-state index contributed by atoms with van der Waals surface area (Å²) in [6.45, 7) is 5.28. The molecule has 1 aliphatic carbocycles. The fraction of sp³-hybridized carbons (Fsp3) is 0.600. The van der Waals surface area contributed by atoms with Gasteiger partial charge < -0.3 is 15.0 Å². The van der Waals surface area contributed by atoms with Gasteiger partial charge in [-0.15, -0.1) is 0 Å². The molecule has 5 nitrogen and oxygen atoms in total. The summed E-state index contributed by atoms with van der Waals surface area (Å²) in [5.41, 5.74) is 0.678. The minimum Gasteiger partial charge on any atom is -0.370 e. The van der Waals surface area contributed by atoms with Crippen LogP contribution in [-0.4, -0.2) is 42.5 Å². The van der Waals surface area contributed by atoms with E-state index >= 15 is 0 Å². The molecule has 1 aliphatic heterocycles. The molecule has 1 saturated carbocycles. The molecule has 1 heterocycles. The number of carbonyl (C=O) groups is 2. The molecule has 0 aromatic heterocycles. The van der Waals surface area contributed by atoms with Crippen molar-refractivity contribution in [2.24, 2.45) is 11.8 Å². The van der Waals surface area contributed by atoms with Crippen molar-refractivity contribution in [3.05, 3.63) is 35.6 Å². The number of benzene rings is 1. The Morgan fingerprint density at radius 2 is 2.08 bits per heavy atom. The third-order valence-electron chi connectivity index (χ3n) is 5.79. The normalized spacial score (nSPS) is 29.3. The zero-order chi connectivity index (χ0) is 18.7. The van der Waals surface area contributed by atoms with Crippen molar-refractivity contribution in [3.63, 3.8) is 0 Å². The molecular formula is C20H27FN2O3. The fourth-order valence-electron chi connectivity index (χ4n) is 3.90. The third kappa shape index (κ3) is 4.23. The Morgan fingerprint density at radius 3 is 2.85 bits per heavy atom. The number of ether oxygens (including phenoxy) is 1. The molecule has 0 radical (unpaired) electrons. The summed E-state index contributed by atoms with van der Waals surface area (Å²) >= 11 is 0. The molecule has 2 aliphatic rings. The van der Waals surface area contributed by atoms with Crippen LogP contribution < -0.4 is 5.32 Å².